The Labute approximate surface area is 212 Å². The highest BCUT2D eigenvalue weighted by atomic mass is 79.9. The number of nitrogens with zero attached hydrogens (tertiary/aromatic N) is 1. The topological polar surface area (TPSA) is 58.6 Å². The molecule has 1 aliphatic carbocycles. The molecule has 2 aromatic carbocycles. The van der Waals surface area contributed by atoms with Crippen LogP contribution in [0.3, 0.4) is 0 Å². The highest BCUT2D eigenvalue weighted by molar-refractivity contribution is 9.10. The zero-order valence-electron chi connectivity index (χ0n) is 21.0. The molecule has 3 rings (SSSR count). The van der Waals surface area contributed by atoms with Crippen molar-refractivity contribution >= 4 is 27.7 Å². The number of aryl methyl sites for hydroxylation is 1. The van der Waals surface area contributed by atoms with Crippen LogP contribution in [0.25, 0.3) is 0 Å². The summed E-state index contributed by atoms with van der Waals surface area (Å²) in [7, 11) is 0. The first-order valence-corrected chi connectivity index (χ1v) is 12.9. The third-order valence-electron chi connectivity index (χ3n) is 6.49. The summed E-state index contributed by atoms with van der Waals surface area (Å²) in [6.45, 7) is 10.5. The highest BCUT2D eigenvalue weighted by Crippen LogP contribution is 2.31. The van der Waals surface area contributed by atoms with E-state index in [2.05, 4.69) is 42.0 Å². The van der Waals surface area contributed by atoms with E-state index in [1.807, 2.05) is 49.4 Å². The molecule has 0 heterocycles. The third-order valence-corrected chi connectivity index (χ3v) is 7.11. The zero-order chi connectivity index (χ0) is 24.9. The lowest BCUT2D eigenvalue weighted by molar-refractivity contribution is -0.142. The van der Waals surface area contributed by atoms with Crippen LogP contribution in [-0.4, -0.2) is 35.4 Å². The Balaban J connectivity index is 1.72. The molecule has 0 radical (unpaired) electrons. The molecule has 1 aliphatic rings. The van der Waals surface area contributed by atoms with Gasteiger partial charge in [-0.25, -0.2) is 0 Å². The minimum atomic E-state index is -0.593. The Morgan fingerprint density at radius 3 is 2.35 bits per heavy atom. The molecule has 1 atom stereocenters. The van der Waals surface area contributed by atoms with Crippen molar-refractivity contribution in [3.05, 3.63) is 63.6 Å². The zero-order valence-corrected chi connectivity index (χ0v) is 22.6. The number of carbonyl (C=O) groups excluding carboxylic acids is 2. The minimum absolute atomic E-state index is 0.0177. The molecule has 0 spiro atoms. The Hall–Kier alpha value is -2.34. The van der Waals surface area contributed by atoms with Gasteiger partial charge in [0.15, 0.2) is 6.61 Å². The number of hydrogen-bond acceptors (Lipinski definition) is 3. The monoisotopic (exact) mass is 528 g/mol. The molecule has 1 saturated carbocycles. The van der Waals surface area contributed by atoms with E-state index in [0.717, 1.165) is 41.3 Å². The van der Waals surface area contributed by atoms with E-state index >= 15 is 0 Å². The van der Waals surface area contributed by atoms with E-state index in [1.54, 1.807) is 11.8 Å². The maximum Gasteiger partial charge on any atom is 0.261 e. The maximum absolute atomic E-state index is 13.3. The number of rotatable bonds is 8. The van der Waals surface area contributed by atoms with Gasteiger partial charge in [0.05, 0.1) is 4.47 Å². The van der Waals surface area contributed by atoms with Crippen LogP contribution in [0, 0.1) is 6.92 Å². The SMILES string of the molecule is Cc1ccc(CN(C(=O)COc2ccc(C(C)(C)C)cc2Br)[C@@H](C)C(=O)NC2CCCC2)cc1. The number of carbonyl (C=O) groups is 2. The molecular formula is C28H37BrN2O3. The summed E-state index contributed by atoms with van der Waals surface area (Å²) in [5.41, 5.74) is 3.33. The standard InChI is InChI=1S/C28H37BrN2O3/c1-19-10-12-21(13-11-19)17-31(20(2)27(33)30-23-8-6-7-9-23)26(32)18-34-25-15-14-22(16-24(25)29)28(3,4)5/h10-16,20,23H,6-9,17-18H2,1-5H3,(H,30,33)/t20-/m0/s1. The van der Waals surface area contributed by atoms with Gasteiger partial charge in [-0.1, -0.05) is 69.5 Å². The van der Waals surface area contributed by atoms with Gasteiger partial charge in [-0.2, -0.15) is 0 Å². The molecule has 0 saturated heterocycles. The van der Waals surface area contributed by atoms with Crippen molar-refractivity contribution in [1.29, 1.82) is 0 Å². The summed E-state index contributed by atoms with van der Waals surface area (Å²) >= 11 is 3.57. The normalized spacial score (nSPS) is 15.1. The second-order valence-electron chi connectivity index (χ2n) is 10.4. The van der Waals surface area contributed by atoms with E-state index in [4.69, 9.17) is 4.74 Å². The van der Waals surface area contributed by atoms with Crippen molar-refractivity contribution in [2.75, 3.05) is 6.61 Å². The summed E-state index contributed by atoms with van der Waals surface area (Å²) in [4.78, 5) is 27.9. The van der Waals surface area contributed by atoms with Gasteiger partial charge in [0, 0.05) is 12.6 Å². The van der Waals surface area contributed by atoms with Crippen molar-refractivity contribution < 1.29 is 14.3 Å². The maximum atomic E-state index is 13.3. The molecule has 2 aromatic rings. The summed E-state index contributed by atoms with van der Waals surface area (Å²) < 4.78 is 6.71. The Morgan fingerprint density at radius 2 is 1.76 bits per heavy atom. The fourth-order valence-electron chi connectivity index (χ4n) is 4.17. The second-order valence-corrected chi connectivity index (χ2v) is 11.2. The molecule has 0 aliphatic heterocycles. The number of halogens is 1. The molecule has 0 aromatic heterocycles. The van der Waals surface area contributed by atoms with Gasteiger partial charge in [-0.05, 0) is 71.3 Å². The van der Waals surface area contributed by atoms with Gasteiger partial charge in [0.1, 0.15) is 11.8 Å². The number of nitrogens with one attached hydrogen (secondary N) is 1. The molecule has 2 amide bonds. The van der Waals surface area contributed by atoms with Crippen LogP contribution in [0.4, 0.5) is 0 Å². The van der Waals surface area contributed by atoms with Gasteiger partial charge in [-0.3, -0.25) is 9.59 Å². The predicted molar refractivity (Wildman–Crippen MR) is 140 cm³/mol. The molecule has 184 valence electrons. The predicted octanol–water partition coefficient (Wildman–Crippen LogP) is 5.91. The molecular weight excluding hydrogens is 492 g/mol. The van der Waals surface area contributed by atoms with Gasteiger partial charge >= 0.3 is 0 Å². The number of hydrogen-bond donors (Lipinski definition) is 1. The second kappa shape index (κ2) is 11.4. The van der Waals surface area contributed by atoms with Crippen molar-refractivity contribution in [3.8, 4) is 5.75 Å². The summed E-state index contributed by atoms with van der Waals surface area (Å²) in [5.74, 6) is 0.282. The van der Waals surface area contributed by atoms with Crippen molar-refractivity contribution in [2.45, 2.75) is 84.3 Å². The molecule has 1 fully saturated rings. The van der Waals surface area contributed by atoms with Crippen molar-refractivity contribution in [1.82, 2.24) is 10.2 Å². The minimum Gasteiger partial charge on any atom is -0.483 e. The van der Waals surface area contributed by atoms with Crippen LogP contribution < -0.4 is 10.1 Å². The van der Waals surface area contributed by atoms with E-state index in [9.17, 15) is 9.59 Å². The molecule has 5 nitrogen and oxygen atoms in total. The largest absolute Gasteiger partial charge is 0.483 e. The summed E-state index contributed by atoms with van der Waals surface area (Å²) in [6.07, 6.45) is 4.29. The summed E-state index contributed by atoms with van der Waals surface area (Å²) in [5, 5.41) is 3.13. The molecule has 1 N–H and O–H groups in total. The summed E-state index contributed by atoms with van der Waals surface area (Å²) in [6, 6.07) is 13.6. The fraction of sp³-hybridized carbons (Fsp3) is 0.500. The highest BCUT2D eigenvalue weighted by Gasteiger charge is 2.29. The van der Waals surface area contributed by atoms with Crippen LogP contribution in [0.15, 0.2) is 46.9 Å². The van der Waals surface area contributed by atoms with E-state index < -0.39 is 6.04 Å². The van der Waals surface area contributed by atoms with E-state index in [0.29, 0.717) is 12.3 Å². The van der Waals surface area contributed by atoms with Crippen LogP contribution >= 0.6 is 15.9 Å². The first-order chi connectivity index (χ1) is 16.0. The average Bonchev–Trinajstić information content (AvgIpc) is 3.29. The van der Waals surface area contributed by atoms with Gasteiger partial charge in [0.25, 0.3) is 5.91 Å². The van der Waals surface area contributed by atoms with E-state index in [-0.39, 0.29) is 29.9 Å². The fourth-order valence-corrected chi connectivity index (χ4v) is 4.66. The van der Waals surface area contributed by atoms with Crippen molar-refractivity contribution in [3.63, 3.8) is 0 Å². The lowest BCUT2D eigenvalue weighted by Crippen LogP contribution is -2.50. The smallest absolute Gasteiger partial charge is 0.261 e. The molecule has 34 heavy (non-hydrogen) atoms. The van der Waals surface area contributed by atoms with Gasteiger partial charge in [-0.15, -0.1) is 0 Å². The van der Waals surface area contributed by atoms with Crippen LogP contribution in [0.1, 0.15) is 70.1 Å². The van der Waals surface area contributed by atoms with E-state index in [1.165, 1.54) is 5.56 Å². The first-order valence-electron chi connectivity index (χ1n) is 12.1. The van der Waals surface area contributed by atoms with Crippen LogP contribution in [0.2, 0.25) is 0 Å². The lowest BCUT2D eigenvalue weighted by atomic mass is 9.87. The van der Waals surface area contributed by atoms with Gasteiger partial charge < -0.3 is 15.0 Å². The first kappa shape index (κ1) is 26.3. The van der Waals surface area contributed by atoms with Crippen molar-refractivity contribution in [2.24, 2.45) is 0 Å². The number of ether oxygens (including phenoxy) is 1. The molecule has 0 unspecified atom stereocenters. The number of benzene rings is 2. The number of amides is 2. The van der Waals surface area contributed by atoms with Crippen LogP contribution in [0.5, 0.6) is 5.75 Å². The molecule has 0 bridgehead atoms. The Bertz CT molecular complexity index is 992. The van der Waals surface area contributed by atoms with Crippen LogP contribution in [-0.2, 0) is 21.5 Å². The van der Waals surface area contributed by atoms with Gasteiger partial charge in [0.2, 0.25) is 5.91 Å². The third kappa shape index (κ3) is 7.08. The quantitative estimate of drug-likeness (QED) is 0.463. The lowest BCUT2D eigenvalue weighted by Gasteiger charge is -2.30. The Morgan fingerprint density at radius 1 is 1.12 bits per heavy atom. The molecule has 6 heteroatoms. The average molecular weight is 530 g/mol. The Kier molecular flexibility index (Phi) is 8.80.